The topological polar surface area (TPSA) is 58.6 Å². The van der Waals surface area contributed by atoms with Gasteiger partial charge in [0.15, 0.2) is 0 Å². The molecule has 0 radical (unpaired) electrons. The van der Waals surface area contributed by atoms with Crippen molar-refractivity contribution in [2.24, 2.45) is 0 Å². The predicted octanol–water partition coefficient (Wildman–Crippen LogP) is 4.45. The molecule has 0 spiro atoms. The maximum absolute atomic E-state index is 12.9. The van der Waals surface area contributed by atoms with E-state index in [2.05, 4.69) is 5.32 Å². The number of amides is 2. The van der Waals surface area contributed by atoms with Gasteiger partial charge in [-0.15, -0.1) is 0 Å². The van der Waals surface area contributed by atoms with Gasteiger partial charge in [-0.25, -0.2) is 4.39 Å². The molecule has 0 saturated carbocycles. The lowest BCUT2D eigenvalue weighted by molar-refractivity contribution is -0.122. The number of ether oxygens (including phenoxy) is 1. The molecule has 2 aromatic carbocycles. The fraction of sp³-hybridized carbons (Fsp3) is 0.190. The van der Waals surface area contributed by atoms with Crippen molar-refractivity contribution in [3.05, 3.63) is 64.8 Å². The largest absolute Gasteiger partial charge is 0.497 e. The molecule has 1 aliphatic rings. The molecule has 2 aromatic rings. The molecule has 1 saturated heterocycles. The zero-order valence-corrected chi connectivity index (χ0v) is 17.3. The minimum Gasteiger partial charge on any atom is -0.497 e. The van der Waals surface area contributed by atoms with E-state index < -0.39 is 0 Å². The molecular weight excluding hydrogens is 411 g/mol. The van der Waals surface area contributed by atoms with E-state index in [1.807, 2.05) is 24.3 Å². The first kappa shape index (κ1) is 21.0. The van der Waals surface area contributed by atoms with Crippen molar-refractivity contribution >= 4 is 51.9 Å². The number of hydrogen-bond donors (Lipinski definition) is 1. The summed E-state index contributed by atoms with van der Waals surface area (Å²) in [7, 11) is 1.59. The molecule has 150 valence electrons. The molecule has 0 aliphatic carbocycles. The Balaban J connectivity index is 1.54. The number of rotatable bonds is 7. The molecule has 3 rings (SSSR count). The average Bonchev–Trinajstić information content (AvgIpc) is 2.97. The summed E-state index contributed by atoms with van der Waals surface area (Å²) in [5.74, 6) is -0.0171. The van der Waals surface area contributed by atoms with Crippen molar-refractivity contribution in [2.75, 3.05) is 19.0 Å². The minimum atomic E-state index is -0.362. The van der Waals surface area contributed by atoms with Gasteiger partial charge < -0.3 is 10.1 Å². The SMILES string of the molecule is COc1cccc(C=C2SC(=S)N(CCCC(=O)Nc3ccc(F)cc3)C2=O)c1. The van der Waals surface area contributed by atoms with Gasteiger partial charge in [0.25, 0.3) is 5.91 Å². The molecule has 0 bridgehead atoms. The summed E-state index contributed by atoms with van der Waals surface area (Å²) in [4.78, 5) is 26.7. The second-order valence-corrected chi connectivity index (χ2v) is 7.94. The maximum atomic E-state index is 12.9. The van der Waals surface area contributed by atoms with E-state index in [4.69, 9.17) is 17.0 Å². The van der Waals surface area contributed by atoms with E-state index in [-0.39, 0.29) is 24.1 Å². The molecule has 1 fully saturated rings. The van der Waals surface area contributed by atoms with Crippen LogP contribution in [0.3, 0.4) is 0 Å². The molecule has 0 unspecified atom stereocenters. The number of methoxy groups -OCH3 is 1. The zero-order chi connectivity index (χ0) is 20.8. The van der Waals surface area contributed by atoms with Gasteiger partial charge in [-0.2, -0.15) is 0 Å². The molecule has 29 heavy (non-hydrogen) atoms. The molecule has 5 nitrogen and oxygen atoms in total. The lowest BCUT2D eigenvalue weighted by atomic mass is 10.2. The molecular formula is C21H19FN2O3S2. The van der Waals surface area contributed by atoms with E-state index in [1.165, 1.54) is 40.9 Å². The van der Waals surface area contributed by atoms with Crippen molar-refractivity contribution in [3.8, 4) is 5.75 Å². The number of anilines is 1. The van der Waals surface area contributed by atoms with Gasteiger partial charge in [0, 0.05) is 18.7 Å². The summed E-state index contributed by atoms with van der Waals surface area (Å²) in [6.07, 6.45) is 2.47. The molecule has 1 heterocycles. The van der Waals surface area contributed by atoms with Crippen LogP contribution in [0.1, 0.15) is 18.4 Å². The van der Waals surface area contributed by atoms with Crippen molar-refractivity contribution in [1.82, 2.24) is 4.90 Å². The predicted molar refractivity (Wildman–Crippen MR) is 117 cm³/mol. The molecule has 0 atom stereocenters. The van der Waals surface area contributed by atoms with Crippen molar-refractivity contribution in [1.29, 1.82) is 0 Å². The van der Waals surface area contributed by atoms with Gasteiger partial charge in [0.2, 0.25) is 5.91 Å². The highest BCUT2D eigenvalue weighted by molar-refractivity contribution is 8.26. The van der Waals surface area contributed by atoms with Gasteiger partial charge in [-0.3, -0.25) is 14.5 Å². The first-order valence-corrected chi connectivity index (χ1v) is 10.1. The lowest BCUT2D eigenvalue weighted by Crippen LogP contribution is -2.29. The Morgan fingerprint density at radius 3 is 2.76 bits per heavy atom. The van der Waals surface area contributed by atoms with Crippen molar-refractivity contribution < 1.29 is 18.7 Å². The van der Waals surface area contributed by atoms with E-state index >= 15 is 0 Å². The van der Waals surface area contributed by atoms with Gasteiger partial charge in [0.05, 0.1) is 12.0 Å². The fourth-order valence-corrected chi connectivity index (χ4v) is 4.04. The average molecular weight is 431 g/mol. The number of hydrogen-bond acceptors (Lipinski definition) is 5. The van der Waals surface area contributed by atoms with Crippen LogP contribution in [-0.4, -0.2) is 34.7 Å². The maximum Gasteiger partial charge on any atom is 0.266 e. The lowest BCUT2D eigenvalue weighted by Gasteiger charge is -2.14. The van der Waals surface area contributed by atoms with Crippen LogP contribution >= 0.6 is 24.0 Å². The fourth-order valence-electron chi connectivity index (χ4n) is 2.73. The minimum absolute atomic E-state index is 0.165. The summed E-state index contributed by atoms with van der Waals surface area (Å²) in [5.41, 5.74) is 1.38. The Hall–Kier alpha value is -2.71. The molecule has 8 heteroatoms. The van der Waals surface area contributed by atoms with E-state index in [0.29, 0.717) is 33.6 Å². The Kier molecular flexibility index (Phi) is 7.00. The number of halogens is 1. The number of thiocarbonyl (C=S) groups is 1. The van der Waals surface area contributed by atoms with Crippen molar-refractivity contribution in [3.63, 3.8) is 0 Å². The van der Waals surface area contributed by atoms with Crippen LogP contribution in [0.4, 0.5) is 10.1 Å². The van der Waals surface area contributed by atoms with Crippen LogP contribution in [0.25, 0.3) is 6.08 Å². The molecule has 1 N–H and O–H groups in total. The van der Waals surface area contributed by atoms with Crippen LogP contribution in [0.2, 0.25) is 0 Å². The summed E-state index contributed by atoms with van der Waals surface area (Å²) in [6.45, 7) is 0.358. The number of benzene rings is 2. The first-order valence-electron chi connectivity index (χ1n) is 8.91. The Morgan fingerprint density at radius 1 is 1.28 bits per heavy atom. The highest BCUT2D eigenvalue weighted by Gasteiger charge is 2.31. The summed E-state index contributed by atoms with van der Waals surface area (Å²) in [5, 5.41) is 2.70. The Bertz CT molecular complexity index is 961. The highest BCUT2D eigenvalue weighted by Crippen LogP contribution is 2.33. The van der Waals surface area contributed by atoms with Gasteiger partial charge in [-0.1, -0.05) is 36.1 Å². The van der Waals surface area contributed by atoms with Crippen LogP contribution < -0.4 is 10.1 Å². The van der Waals surface area contributed by atoms with E-state index in [1.54, 1.807) is 13.2 Å². The Labute approximate surface area is 177 Å². The van der Waals surface area contributed by atoms with Crippen molar-refractivity contribution in [2.45, 2.75) is 12.8 Å². The summed E-state index contributed by atoms with van der Waals surface area (Å²) in [6, 6.07) is 13.0. The third kappa shape index (κ3) is 5.65. The van der Waals surface area contributed by atoms with Crippen LogP contribution in [0.15, 0.2) is 53.4 Å². The third-order valence-electron chi connectivity index (χ3n) is 4.18. The highest BCUT2D eigenvalue weighted by atomic mass is 32.2. The normalized spacial score (nSPS) is 15.1. The zero-order valence-electron chi connectivity index (χ0n) is 15.7. The number of carbonyl (C=O) groups excluding carboxylic acids is 2. The molecule has 2 amide bonds. The molecule has 0 aromatic heterocycles. The first-order chi connectivity index (χ1) is 14.0. The Morgan fingerprint density at radius 2 is 2.03 bits per heavy atom. The van der Waals surface area contributed by atoms with Crippen LogP contribution in [0, 0.1) is 5.82 Å². The number of carbonyl (C=O) groups is 2. The third-order valence-corrected chi connectivity index (χ3v) is 5.56. The quantitative estimate of drug-likeness (QED) is 0.519. The van der Waals surface area contributed by atoms with Gasteiger partial charge in [0.1, 0.15) is 15.9 Å². The van der Waals surface area contributed by atoms with Crippen LogP contribution in [-0.2, 0) is 9.59 Å². The molecule has 1 aliphatic heterocycles. The number of thioether (sulfide) groups is 1. The van der Waals surface area contributed by atoms with Gasteiger partial charge >= 0.3 is 0 Å². The van der Waals surface area contributed by atoms with E-state index in [0.717, 1.165) is 5.56 Å². The monoisotopic (exact) mass is 430 g/mol. The second kappa shape index (κ2) is 9.67. The number of nitrogens with zero attached hydrogens (tertiary/aromatic N) is 1. The van der Waals surface area contributed by atoms with E-state index in [9.17, 15) is 14.0 Å². The summed E-state index contributed by atoms with van der Waals surface area (Å²) < 4.78 is 18.6. The smallest absolute Gasteiger partial charge is 0.266 e. The van der Waals surface area contributed by atoms with Gasteiger partial charge in [-0.05, 0) is 54.5 Å². The van der Waals surface area contributed by atoms with Crippen LogP contribution in [0.5, 0.6) is 5.75 Å². The number of nitrogens with one attached hydrogen (secondary N) is 1. The second-order valence-electron chi connectivity index (χ2n) is 6.27. The summed E-state index contributed by atoms with van der Waals surface area (Å²) >= 11 is 6.57. The standard InChI is InChI=1S/C21H19FN2O3S2/c1-27-17-5-2-4-14(12-17)13-18-20(26)24(21(28)29-18)11-3-6-19(25)23-16-9-7-15(22)8-10-16/h2,4-5,7-10,12-13H,3,6,11H2,1H3,(H,23,25).